The van der Waals surface area contributed by atoms with Gasteiger partial charge in [0, 0.05) is 19.2 Å². The van der Waals surface area contributed by atoms with Crippen LogP contribution in [0.3, 0.4) is 0 Å². The minimum atomic E-state index is -0.753. The smallest absolute Gasteiger partial charge is 0.328 e. The monoisotopic (exact) mass is 335 g/mol. The topological polar surface area (TPSA) is 103 Å². The Morgan fingerprint density at radius 1 is 1.33 bits per heavy atom. The second-order valence-corrected chi connectivity index (χ2v) is 5.75. The first-order valence-electron chi connectivity index (χ1n) is 7.53. The van der Waals surface area contributed by atoms with Gasteiger partial charge in [0.1, 0.15) is 11.7 Å². The molecule has 2 rings (SSSR count). The Hall–Kier alpha value is -2.77. The normalized spacial score (nSPS) is 12.2. The molecule has 0 aliphatic carbocycles. The zero-order valence-electron chi connectivity index (χ0n) is 14.1. The average Bonchev–Trinajstić information content (AvgIpc) is 3.12. The molecule has 2 aromatic heterocycles. The van der Waals surface area contributed by atoms with Crippen LogP contribution in [0.15, 0.2) is 22.8 Å². The molecule has 0 saturated heterocycles. The number of esters is 1. The summed E-state index contributed by atoms with van der Waals surface area (Å²) in [6.45, 7) is 3.34. The number of hydrogen-bond acceptors (Lipinski definition) is 5. The van der Waals surface area contributed by atoms with Crippen LogP contribution >= 0.6 is 0 Å². The van der Waals surface area contributed by atoms with Crippen LogP contribution in [-0.2, 0) is 21.4 Å². The van der Waals surface area contributed by atoms with Crippen LogP contribution in [0, 0.1) is 5.92 Å². The number of amides is 2. The minimum absolute atomic E-state index is 0.128. The number of nitrogens with one attached hydrogen (secondary N) is 2. The van der Waals surface area contributed by atoms with Gasteiger partial charge in [-0.1, -0.05) is 13.8 Å². The van der Waals surface area contributed by atoms with E-state index in [9.17, 15) is 14.4 Å². The standard InChI is InChI=1S/C16H21N3O5/c1-9(2)14(16(22)23-4)18-13(20)8-17-15(21)11-7-12-10(19(11)3)5-6-24-12/h5-7,9,14H,8H2,1-4H3,(H,17,21)(H,18,20). The van der Waals surface area contributed by atoms with Crippen molar-refractivity contribution < 1.29 is 23.5 Å². The van der Waals surface area contributed by atoms with Gasteiger partial charge < -0.3 is 24.4 Å². The van der Waals surface area contributed by atoms with Crippen molar-refractivity contribution in [3.05, 3.63) is 24.1 Å². The van der Waals surface area contributed by atoms with Crippen LogP contribution in [0.5, 0.6) is 0 Å². The molecule has 0 fully saturated rings. The molecule has 0 spiro atoms. The van der Waals surface area contributed by atoms with E-state index in [-0.39, 0.29) is 12.5 Å². The lowest BCUT2D eigenvalue weighted by atomic mass is 10.0. The van der Waals surface area contributed by atoms with Crippen molar-refractivity contribution >= 4 is 28.9 Å². The molecule has 2 aromatic rings. The molecular weight excluding hydrogens is 314 g/mol. The Bertz CT molecular complexity index is 759. The zero-order chi connectivity index (χ0) is 17.9. The van der Waals surface area contributed by atoms with Gasteiger partial charge in [-0.3, -0.25) is 9.59 Å². The van der Waals surface area contributed by atoms with Crippen LogP contribution < -0.4 is 10.6 Å². The fraction of sp³-hybridized carbons (Fsp3) is 0.438. The summed E-state index contributed by atoms with van der Waals surface area (Å²) in [5.41, 5.74) is 1.76. The molecule has 0 bridgehead atoms. The number of nitrogens with zero attached hydrogens (tertiary/aromatic N) is 1. The minimum Gasteiger partial charge on any atom is -0.467 e. The summed E-state index contributed by atoms with van der Waals surface area (Å²) in [6, 6.07) is 2.60. The molecule has 0 aliphatic heterocycles. The first-order valence-corrected chi connectivity index (χ1v) is 7.53. The number of hydrogen-bond donors (Lipinski definition) is 2. The Kier molecular flexibility index (Phi) is 5.28. The van der Waals surface area contributed by atoms with E-state index < -0.39 is 23.8 Å². The lowest BCUT2D eigenvalue weighted by Gasteiger charge is -2.19. The van der Waals surface area contributed by atoms with Crippen LogP contribution in [0.1, 0.15) is 24.3 Å². The van der Waals surface area contributed by atoms with Gasteiger partial charge >= 0.3 is 5.97 Å². The lowest BCUT2D eigenvalue weighted by molar-refractivity contribution is -0.146. The number of furan rings is 1. The molecule has 8 heteroatoms. The zero-order valence-corrected chi connectivity index (χ0v) is 14.1. The first kappa shape index (κ1) is 17.6. The van der Waals surface area contributed by atoms with Gasteiger partial charge in [0.2, 0.25) is 5.91 Å². The van der Waals surface area contributed by atoms with Crippen molar-refractivity contribution in [3.63, 3.8) is 0 Å². The van der Waals surface area contributed by atoms with E-state index in [1.165, 1.54) is 7.11 Å². The number of aromatic nitrogens is 1. The average molecular weight is 335 g/mol. The lowest BCUT2D eigenvalue weighted by Crippen LogP contribution is -2.48. The molecule has 130 valence electrons. The van der Waals surface area contributed by atoms with Crippen molar-refractivity contribution in [3.8, 4) is 0 Å². The van der Waals surface area contributed by atoms with Gasteiger partial charge in [-0.2, -0.15) is 0 Å². The van der Waals surface area contributed by atoms with Crippen molar-refractivity contribution in [2.45, 2.75) is 19.9 Å². The van der Waals surface area contributed by atoms with E-state index in [1.54, 1.807) is 43.9 Å². The molecule has 2 N–H and O–H groups in total. The van der Waals surface area contributed by atoms with E-state index in [0.29, 0.717) is 11.3 Å². The first-order chi connectivity index (χ1) is 11.3. The molecular formula is C16H21N3O5. The molecule has 0 aliphatic rings. The maximum atomic E-state index is 12.2. The summed E-state index contributed by atoms with van der Waals surface area (Å²) in [5.74, 6) is -1.52. The van der Waals surface area contributed by atoms with E-state index >= 15 is 0 Å². The third-order valence-electron chi connectivity index (χ3n) is 3.74. The summed E-state index contributed by atoms with van der Waals surface area (Å²) in [6.07, 6.45) is 1.54. The molecule has 24 heavy (non-hydrogen) atoms. The van der Waals surface area contributed by atoms with Crippen molar-refractivity contribution in [2.75, 3.05) is 13.7 Å². The van der Waals surface area contributed by atoms with Gasteiger partial charge in [-0.05, 0) is 5.92 Å². The van der Waals surface area contributed by atoms with E-state index in [2.05, 4.69) is 15.4 Å². The number of ether oxygens (including phenoxy) is 1. The molecule has 1 unspecified atom stereocenters. The number of rotatable bonds is 6. The summed E-state index contributed by atoms with van der Waals surface area (Å²) in [5, 5.41) is 5.08. The van der Waals surface area contributed by atoms with Gasteiger partial charge in [-0.15, -0.1) is 0 Å². The Balaban J connectivity index is 1.95. The Morgan fingerprint density at radius 2 is 2.04 bits per heavy atom. The third kappa shape index (κ3) is 3.58. The second kappa shape index (κ2) is 7.20. The van der Waals surface area contributed by atoms with Gasteiger partial charge in [-0.25, -0.2) is 4.79 Å². The predicted molar refractivity (Wildman–Crippen MR) is 86.3 cm³/mol. The fourth-order valence-electron chi connectivity index (χ4n) is 2.37. The highest BCUT2D eigenvalue weighted by atomic mass is 16.5. The molecule has 8 nitrogen and oxygen atoms in total. The van der Waals surface area contributed by atoms with Gasteiger partial charge in [0.15, 0.2) is 5.58 Å². The predicted octanol–water partition coefficient (Wildman–Crippen LogP) is 0.815. The second-order valence-electron chi connectivity index (χ2n) is 5.75. The third-order valence-corrected chi connectivity index (χ3v) is 3.74. The van der Waals surface area contributed by atoms with Crippen molar-refractivity contribution in [1.29, 1.82) is 0 Å². The highest BCUT2D eigenvalue weighted by molar-refractivity contribution is 5.99. The molecule has 0 radical (unpaired) electrons. The highest BCUT2D eigenvalue weighted by Gasteiger charge is 2.25. The SMILES string of the molecule is COC(=O)C(NC(=O)CNC(=O)c1cc2occc2n1C)C(C)C. The summed E-state index contributed by atoms with van der Waals surface area (Å²) in [4.78, 5) is 35.8. The number of carbonyl (C=O) groups is 3. The van der Waals surface area contributed by atoms with E-state index in [0.717, 1.165) is 5.52 Å². The summed E-state index contributed by atoms with van der Waals surface area (Å²) < 4.78 is 11.6. The Morgan fingerprint density at radius 3 is 2.62 bits per heavy atom. The highest BCUT2D eigenvalue weighted by Crippen LogP contribution is 2.19. The van der Waals surface area contributed by atoms with Crippen molar-refractivity contribution in [2.24, 2.45) is 13.0 Å². The fourth-order valence-corrected chi connectivity index (χ4v) is 2.37. The largest absolute Gasteiger partial charge is 0.467 e. The van der Waals surface area contributed by atoms with E-state index in [4.69, 9.17) is 4.42 Å². The molecule has 2 amide bonds. The summed E-state index contributed by atoms with van der Waals surface area (Å²) >= 11 is 0. The number of methoxy groups -OCH3 is 1. The molecule has 1 atom stereocenters. The van der Waals surface area contributed by atoms with Crippen LogP contribution in [-0.4, -0.2) is 42.0 Å². The molecule has 0 saturated carbocycles. The number of aryl methyl sites for hydroxylation is 1. The van der Waals surface area contributed by atoms with Crippen LogP contribution in [0.2, 0.25) is 0 Å². The summed E-state index contributed by atoms with van der Waals surface area (Å²) in [7, 11) is 3.00. The van der Waals surface area contributed by atoms with Gasteiger partial charge in [0.05, 0.1) is 25.4 Å². The van der Waals surface area contributed by atoms with Crippen LogP contribution in [0.4, 0.5) is 0 Å². The van der Waals surface area contributed by atoms with E-state index in [1.807, 2.05) is 0 Å². The Labute approximate surface area is 139 Å². The molecule has 2 heterocycles. The number of carbonyl (C=O) groups excluding carboxylic acids is 3. The number of fused-ring (bicyclic) bond motifs is 1. The van der Waals surface area contributed by atoms with Crippen molar-refractivity contribution in [1.82, 2.24) is 15.2 Å². The molecule has 0 aromatic carbocycles. The maximum Gasteiger partial charge on any atom is 0.328 e. The maximum absolute atomic E-state index is 12.2. The van der Waals surface area contributed by atoms with Crippen LogP contribution in [0.25, 0.3) is 11.1 Å². The van der Waals surface area contributed by atoms with Gasteiger partial charge in [0.25, 0.3) is 5.91 Å². The quantitative estimate of drug-likeness (QED) is 0.761.